The Morgan fingerprint density at radius 1 is 1.14 bits per heavy atom. The number of hydrogen-bond acceptors (Lipinski definition) is 6. The lowest BCUT2D eigenvalue weighted by Gasteiger charge is -2.09. The first-order valence-corrected chi connectivity index (χ1v) is 8.97. The maximum Gasteiger partial charge on any atom is 0.344 e. The Morgan fingerprint density at radius 2 is 1.86 bits per heavy atom. The van der Waals surface area contributed by atoms with Crippen LogP contribution in [0.2, 0.25) is 0 Å². The number of ether oxygens (including phenoxy) is 3. The van der Waals surface area contributed by atoms with E-state index in [0.717, 1.165) is 11.3 Å². The van der Waals surface area contributed by atoms with Gasteiger partial charge in [0.2, 0.25) is 0 Å². The molecular weight excluding hydrogens is 372 g/mol. The molecule has 0 aliphatic rings. The maximum atomic E-state index is 12.4. The van der Waals surface area contributed by atoms with Crippen LogP contribution in [0.1, 0.15) is 18.1 Å². The summed E-state index contributed by atoms with van der Waals surface area (Å²) in [4.78, 5) is 23.9. The number of nitrogens with one attached hydrogen (secondary N) is 1. The Balaban J connectivity index is 2.07. The van der Waals surface area contributed by atoms with Crippen LogP contribution in [0.5, 0.6) is 11.5 Å². The molecule has 0 fully saturated rings. The summed E-state index contributed by atoms with van der Waals surface area (Å²) in [5.74, 6) is 0.0842. The van der Waals surface area contributed by atoms with Crippen molar-refractivity contribution < 1.29 is 23.8 Å². The minimum atomic E-state index is -0.511. The third-order valence-corrected chi connectivity index (χ3v) is 3.85. The monoisotopic (exact) mass is 394 g/mol. The van der Waals surface area contributed by atoms with Gasteiger partial charge in [0.05, 0.1) is 13.7 Å². The second-order valence-corrected chi connectivity index (χ2v) is 5.83. The van der Waals surface area contributed by atoms with Crippen molar-refractivity contribution in [3.63, 3.8) is 0 Å². The summed E-state index contributed by atoms with van der Waals surface area (Å²) >= 11 is 0. The Kier molecular flexibility index (Phi) is 8.27. The molecule has 0 saturated heterocycles. The van der Waals surface area contributed by atoms with Crippen LogP contribution < -0.4 is 14.8 Å². The molecule has 0 aromatic heterocycles. The standard InChI is InChI=1S/C22H22N2O5/c1-3-28-21(25)15-29-20-7-5-4-6-17(20)12-18(13-23)22(26)24-14-16-8-10-19(27-2)11-9-16/h4-12H,3,14-15H2,1-2H3,(H,24,26)/b18-12-. The number of benzene rings is 2. The largest absolute Gasteiger partial charge is 0.497 e. The Hall–Kier alpha value is -3.79. The second-order valence-electron chi connectivity index (χ2n) is 5.83. The third kappa shape index (κ3) is 6.70. The Morgan fingerprint density at radius 3 is 2.52 bits per heavy atom. The van der Waals surface area contributed by atoms with Gasteiger partial charge in [0.15, 0.2) is 6.61 Å². The predicted molar refractivity (Wildman–Crippen MR) is 107 cm³/mol. The van der Waals surface area contributed by atoms with Crippen LogP contribution in [-0.2, 0) is 20.9 Å². The molecule has 7 heteroatoms. The molecule has 0 radical (unpaired) electrons. The quantitative estimate of drug-likeness (QED) is 0.399. The van der Waals surface area contributed by atoms with Crippen molar-refractivity contribution in [1.82, 2.24) is 5.32 Å². The van der Waals surface area contributed by atoms with Crippen molar-refractivity contribution in [2.24, 2.45) is 0 Å². The second kappa shape index (κ2) is 11.1. The van der Waals surface area contributed by atoms with Crippen LogP contribution in [0.4, 0.5) is 0 Å². The minimum absolute atomic E-state index is 0.0781. The number of amides is 1. The Bertz CT molecular complexity index is 914. The van der Waals surface area contributed by atoms with Gasteiger partial charge in [-0.25, -0.2) is 4.79 Å². The lowest BCUT2D eigenvalue weighted by molar-refractivity contribution is -0.145. The van der Waals surface area contributed by atoms with E-state index in [9.17, 15) is 14.9 Å². The van der Waals surface area contributed by atoms with Gasteiger partial charge in [0.1, 0.15) is 23.1 Å². The van der Waals surface area contributed by atoms with Crippen molar-refractivity contribution >= 4 is 18.0 Å². The van der Waals surface area contributed by atoms with E-state index < -0.39 is 11.9 Å². The molecule has 0 bridgehead atoms. The molecular formula is C22H22N2O5. The molecule has 29 heavy (non-hydrogen) atoms. The smallest absolute Gasteiger partial charge is 0.344 e. The molecule has 150 valence electrons. The third-order valence-electron chi connectivity index (χ3n) is 3.85. The van der Waals surface area contributed by atoms with Gasteiger partial charge < -0.3 is 19.5 Å². The molecule has 0 aliphatic heterocycles. The number of esters is 1. The molecule has 0 saturated carbocycles. The van der Waals surface area contributed by atoms with Crippen molar-refractivity contribution in [3.05, 3.63) is 65.2 Å². The van der Waals surface area contributed by atoms with E-state index >= 15 is 0 Å². The average molecular weight is 394 g/mol. The highest BCUT2D eigenvalue weighted by Gasteiger charge is 2.12. The molecule has 0 spiro atoms. The summed E-state index contributed by atoms with van der Waals surface area (Å²) in [7, 11) is 1.58. The van der Waals surface area contributed by atoms with Gasteiger partial charge in [-0.2, -0.15) is 5.26 Å². The van der Waals surface area contributed by atoms with E-state index in [1.54, 1.807) is 50.4 Å². The van der Waals surface area contributed by atoms with Crippen molar-refractivity contribution in [3.8, 4) is 17.6 Å². The Labute approximate surface area is 169 Å². The van der Waals surface area contributed by atoms with E-state index in [1.807, 2.05) is 18.2 Å². The van der Waals surface area contributed by atoms with E-state index in [-0.39, 0.29) is 25.3 Å². The SMILES string of the molecule is CCOC(=O)COc1ccccc1/C=C(/C#N)C(=O)NCc1ccc(OC)cc1. The molecule has 1 N–H and O–H groups in total. The van der Waals surface area contributed by atoms with E-state index in [1.165, 1.54) is 6.08 Å². The fourth-order valence-electron chi connectivity index (χ4n) is 2.40. The topological polar surface area (TPSA) is 97.7 Å². The summed E-state index contributed by atoms with van der Waals surface area (Å²) in [6.45, 7) is 1.97. The highest BCUT2D eigenvalue weighted by molar-refractivity contribution is 6.01. The lowest BCUT2D eigenvalue weighted by Crippen LogP contribution is -2.24. The van der Waals surface area contributed by atoms with Crippen LogP contribution in [-0.4, -0.2) is 32.2 Å². The average Bonchev–Trinajstić information content (AvgIpc) is 2.75. The molecule has 7 nitrogen and oxygen atoms in total. The number of nitrogens with zero attached hydrogens (tertiary/aromatic N) is 1. The number of rotatable bonds is 9. The first-order valence-electron chi connectivity index (χ1n) is 8.97. The van der Waals surface area contributed by atoms with Crippen LogP contribution in [0.3, 0.4) is 0 Å². The number of nitriles is 1. The number of hydrogen-bond donors (Lipinski definition) is 1. The highest BCUT2D eigenvalue weighted by Crippen LogP contribution is 2.21. The summed E-state index contributed by atoms with van der Waals surface area (Å²) in [5.41, 5.74) is 1.30. The van der Waals surface area contributed by atoms with Gasteiger partial charge in [-0.05, 0) is 36.8 Å². The number of carbonyl (C=O) groups is 2. The number of para-hydroxylation sites is 1. The molecule has 2 rings (SSSR count). The summed E-state index contributed by atoms with van der Waals surface area (Å²) < 4.78 is 15.4. The van der Waals surface area contributed by atoms with Gasteiger partial charge >= 0.3 is 5.97 Å². The summed E-state index contributed by atoms with van der Waals surface area (Å²) in [6, 6.07) is 15.9. The molecule has 0 aliphatic carbocycles. The van der Waals surface area contributed by atoms with Crippen LogP contribution in [0, 0.1) is 11.3 Å². The fraction of sp³-hybridized carbons (Fsp3) is 0.227. The molecule has 2 aromatic rings. The molecule has 2 aromatic carbocycles. The van der Waals surface area contributed by atoms with Gasteiger partial charge in [-0.1, -0.05) is 30.3 Å². The zero-order valence-electron chi connectivity index (χ0n) is 16.3. The van der Waals surface area contributed by atoms with Gasteiger partial charge in [0.25, 0.3) is 5.91 Å². The van der Waals surface area contributed by atoms with E-state index in [2.05, 4.69) is 5.32 Å². The van der Waals surface area contributed by atoms with Gasteiger partial charge in [-0.15, -0.1) is 0 Å². The van der Waals surface area contributed by atoms with Crippen LogP contribution in [0.25, 0.3) is 6.08 Å². The fourth-order valence-corrected chi connectivity index (χ4v) is 2.40. The highest BCUT2D eigenvalue weighted by atomic mass is 16.6. The lowest BCUT2D eigenvalue weighted by atomic mass is 10.1. The molecule has 0 unspecified atom stereocenters. The maximum absolute atomic E-state index is 12.4. The molecule has 0 heterocycles. The van der Waals surface area contributed by atoms with Crippen LogP contribution in [0.15, 0.2) is 54.1 Å². The number of methoxy groups -OCH3 is 1. The summed E-state index contributed by atoms with van der Waals surface area (Å²) in [5, 5.41) is 12.1. The molecule has 0 atom stereocenters. The number of carbonyl (C=O) groups excluding carboxylic acids is 2. The summed E-state index contributed by atoms with van der Waals surface area (Å²) in [6.07, 6.45) is 1.42. The van der Waals surface area contributed by atoms with Crippen molar-refractivity contribution in [1.29, 1.82) is 5.26 Å². The first-order chi connectivity index (χ1) is 14.1. The van der Waals surface area contributed by atoms with Crippen molar-refractivity contribution in [2.45, 2.75) is 13.5 Å². The van der Waals surface area contributed by atoms with E-state index in [0.29, 0.717) is 11.3 Å². The van der Waals surface area contributed by atoms with Crippen LogP contribution >= 0.6 is 0 Å². The minimum Gasteiger partial charge on any atom is -0.497 e. The molecule has 1 amide bonds. The first kappa shape index (κ1) is 21.5. The zero-order valence-corrected chi connectivity index (χ0v) is 16.3. The zero-order chi connectivity index (χ0) is 21.1. The van der Waals surface area contributed by atoms with Gasteiger partial charge in [-0.3, -0.25) is 4.79 Å². The van der Waals surface area contributed by atoms with Gasteiger partial charge in [0, 0.05) is 12.1 Å². The predicted octanol–water partition coefficient (Wildman–Crippen LogP) is 2.86. The normalized spacial score (nSPS) is 10.6. The van der Waals surface area contributed by atoms with E-state index in [4.69, 9.17) is 14.2 Å². The van der Waals surface area contributed by atoms with Crippen molar-refractivity contribution in [2.75, 3.05) is 20.3 Å².